The molecule has 1 aliphatic heterocycles. The monoisotopic (exact) mass is 499 g/mol. The number of hydrogen-bond donors (Lipinski definition) is 3. The molecule has 0 bridgehead atoms. The van der Waals surface area contributed by atoms with Crippen molar-refractivity contribution in [1.82, 2.24) is 15.4 Å². The lowest BCUT2D eigenvalue weighted by atomic mass is 10.3. The maximum atomic E-state index is 13.0. The second-order valence-corrected chi connectivity index (χ2v) is 9.31. The number of hydrogen-bond acceptors (Lipinski definition) is 11. The molecule has 0 aliphatic carbocycles. The molecule has 1 aliphatic rings. The van der Waals surface area contributed by atoms with Crippen molar-refractivity contribution in [3.8, 4) is 5.75 Å². The fourth-order valence-electron chi connectivity index (χ4n) is 2.51. The Labute approximate surface area is 201 Å². The number of benzene rings is 1. The van der Waals surface area contributed by atoms with Gasteiger partial charge in [-0.2, -0.15) is 5.10 Å². The first kappa shape index (κ1) is 22.8. The second-order valence-electron chi connectivity index (χ2n) is 6.29. The van der Waals surface area contributed by atoms with Crippen molar-refractivity contribution in [2.75, 3.05) is 18.5 Å². The normalized spacial score (nSPS) is 12.5. The molecule has 4 N–H and O–H groups in total. The number of nitrogens with two attached hydrogens (primary N) is 1. The Bertz CT molecular complexity index is 1200. The van der Waals surface area contributed by atoms with Crippen molar-refractivity contribution in [2.24, 2.45) is 15.8 Å². The van der Waals surface area contributed by atoms with Gasteiger partial charge in [-0.15, -0.1) is 11.3 Å². The van der Waals surface area contributed by atoms with Gasteiger partial charge in [0, 0.05) is 27.6 Å². The number of aliphatic imine (C=N–C) groups is 1. The summed E-state index contributed by atoms with van der Waals surface area (Å²) in [4.78, 5) is 38.4. The second kappa shape index (κ2) is 10.9. The van der Waals surface area contributed by atoms with Gasteiger partial charge in [0.15, 0.2) is 16.9 Å². The molecule has 0 fully saturated rings. The van der Waals surface area contributed by atoms with Crippen molar-refractivity contribution >= 4 is 63.2 Å². The first-order chi connectivity index (χ1) is 16.1. The zero-order valence-electron chi connectivity index (χ0n) is 16.9. The molecular weight excluding hydrogens is 482 g/mol. The number of nitrogens with zero attached hydrogens (tertiary/aromatic N) is 4. The molecule has 13 heteroatoms. The van der Waals surface area contributed by atoms with Crippen LogP contribution in [0.2, 0.25) is 0 Å². The quantitative estimate of drug-likeness (QED) is 0.429. The van der Waals surface area contributed by atoms with Crippen LogP contribution in [0.1, 0.15) is 10.5 Å². The van der Waals surface area contributed by atoms with Crippen LogP contribution in [0.15, 0.2) is 72.9 Å². The van der Waals surface area contributed by atoms with E-state index in [1.807, 2.05) is 24.3 Å². The highest BCUT2D eigenvalue weighted by Crippen LogP contribution is 2.33. The molecule has 0 saturated heterocycles. The van der Waals surface area contributed by atoms with Gasteiger partial charge in [-0.05, 0) is 48.2 Å². The topological polar surface area (TPSA) is 144 Å². The van der Waals surface area contributed by atoms with Crippen molar-refractivity contribution in [3.05, 3.63) is 53.7 Å². The maximum Gasteiger partial charge on any atom is 0.277 e. The van der Waals surface area contributed by atoms with E-state index in [0.717, 1.165) is 4.90 Å². The first-order valence-corrected chi connectivity index (χ1v) is 12.0. The Morgan fingerprint density at radius 3 is 2.73 bits per heavy atom. The van der Waals surface area contributed by atoms with Crippen molar-refractivity contribution in [1.29, 1.82) is 0 Å². The molecule has 4 rings (SSSR count). The van der Waals surface area contributed by atoms with Crippen LogP contribution in [0.4, 0.5) is 5.13 Å². The van der Waals surface area contributed by atoms with Crippen LogP contribution in [0, 0.1) is 0 Å². The number of nitrogens with one attached hydrogen (secondary N) is 2. The molecule has 0 spiro atoms. The predicted octanol–water partition coefficient (Wildman–Crippen LogP) is 2.84. The van der Waals surface area contributed by atoms with Crippen molar-refractivity contribution < 1.29 is 14.3 Å². The molecule has 33 heavy (non-hydrogen) atoms. The predicted molar refractivity (Wildman–Crippen MR) is 129 cm³/mol. The molecule has 1 aromatic carbocycles. The highest BCUT2D eigenvalue weighted by atomic mass is 32.2. The fraction of sp³-hybridized carbons (Fsp3) is 0.100. The third kappa shape index (κ3) is 6.54. The number of primary amides is 1. The number of carbonyl (C=O) groups excluding carboxylic acids is 2. The van der Waals surface area contributed by atoms with Crippen LogP contribution in [-0.4, -0.2) is 46.3 Å². The summed E-state index contributed by atoms with van der Waals surface area (Å²) in [5.41, 5.74) is 8.18. The van der Waals surface area contributed by atoms with E-state index in [1.165, 1.54) is 34.9 Å². The molecule has 0 atom stereocenters. The molecule has 0 saturated carbocycles. The largest absolute Gasteiger partial charge is 0.484 e. The van der Waals surface area contributed by atoms with E-state index in [0.29, 0.717) is 32.5 Å². The molecular formula is C20H17N7O3S3. The number of rotatable bonds is 8. The molecule has 2 amide bonds. The number of anilines is 1. The molecule has 0 radical (unpaired) electrons. The summed E-state index contributed by atoms with van der Waals surface area (Å²) in [6, 6.07) is 10.8. The van der Waals surface area contributed by atoms with E-state index in [-0.39, 0.29) is 18.2 Å². The van der Waals surface area contributed by atoms with Crippen LogP contribution >= 0.6 is 34.9 Å². The minimum Gasteiger partial charge on any atom is -0.484 e. The fourth-order valence-corrected chi connectivity index (χ4v) is 4.64. The molecule has 3 aromatic rings. The number of aromatic nitrogens is 2. The number of pyridine rings is 1. The Balaban J connectivity index is 1.55. The number of hydrazone groups is 1. The van der Waals surface area contributed by atoms with E-state index >= 15 is 0 Å². The SMILES string of the molecule is NC(=O)COc1ccc(Sc2ccc(SC3=NCC=NN3)nc2C(=O)Nc2nccs2)cc1. The first-order valence-electron chi connectivity index (χ1n) is 9.47. The van der Waals surface area contributed by atoms with Gasteiger partial charge < -0.3 is 10.5 Å². The van der Waals surface area contributed by atoms with Crippen LogP contribution in [-0.2, 0) is 4.79 Å². The summed E-state index contributed by atoms with van der Waals surface area (Å²) in [6.45, 7) is 0.294. The molecule has 3 heterocycles. The van der Waals surface area contributed by atoms with Crippen LogP contribution < -0.4 is 21.2 Å². The van der Waals surface area contributed by atoms with Gasteiger partial charge >= 0.3 is 0 Å². The van der Waals surface area contributed by atoms with Crippen LogP contribution in [0.25, 0.3) is 0 Å². The summed E-state index contributed by atoms with van der Waals surface area (Å²) in [6.07, 6.45) is 3.28. The van der Waals surface area contributed by atoms with E-state index in [2.05, 4.69) is 30.8 Å². The number of thioether (sulfide) groups is 1. The van der Waals surface area contributed by atoms with Gasteiger partial charge in [0.2, 0.25) is 0 Å². The van der Waals surface area contributed by atoms with E-state index in [4.69, 9.17) is 10.5 Å². The zero-order valence-corrected chi connectivity index (χ0v) is 19.4. The smallest absolute Gasteiger partial charge is 0.277 e. The molecule has 0 unspecified atom stereocenters. The van der Waals surface area contributed by atoms with Crippen molar-refractivity contribution in [3.63, 3.8) is 0 Å². The van der Waals surface area contributed by atoms with E-state index in [1.54, 1.807) is 29.9 Å². The Kier molecular flexibility index (Phi) is 7.55. The number of ether oxygens (including phenoxy) is 1. The highest BCUT2D eigenvalue weighted by molar-refractivity contribution is 8.13. The lowest BCUT2D eigenvalue weighted by Gasteiger charge is -2.12. The van der Waals surface area contributed by atoms with Crippen molar-refractivity contribution in [2.45, 2.75) is 14.8 Å². The standard InChI is InChI=1S/C20H17N7O3S3/c21-15(28)11-30-12-1-3-13(4-2-12)32-14-5-6-16(33-20-22-7-8-24-27-20)25-17(14)18(29)26-19-23-9-10-31-19/h1-6,8-10H,7,11H2,(H2,21,28)(H,22,27)(H,23,26,29). The van der Waals surface area contributed by atoms with Gasteiger partial charge in [-0.3, -0.25) is 25.3 Å². The Morgan fingerprint density at radius 2 is 2.03 bits per heavy atom. The lowest BCUT2D eigenvalue weighted by molar-refractivity contribution is -0.119. The summed E-state index contributed by atoms with van der Waals surface area (Å²) >= 11 is 3.99. The van der Waals surface area contributed by atoms with Crippen LogP contribution in [0.3, 0.4) is 0 Å². The number of amidine groups is 1. The van der Waals surface area contributed by atoms with E-state index in [9.17, 15) is 9.59 Å². The number of thiazole rings is 1. The molecule has 2 aromatic heterocycles. The van der Waals surface area contributed by atoms with Gasteiger partial charge in [0.1, 0.15) is 16.5 Å². The summed E-state index contributed by atoms with van der Waals surface area (Å²) in [5, 5.41) is 10.2. The van der Waals surface area contributed by atoms with Gasteiger partial charge in [0.25, 0.3) is 11.8 Å². The Morgan fingerprint density at radius 1 is 1.18 bits per heavy atom. The van der Waals surface area contributed by atoms with E-state index < -0.39 is 5.91 Å². The Hall–Kier alpha value is -3.42. The third-order valence-corrected chi connectivity index (χ3v) is 6.50. The molecule has 10 nitrogen and oxygen atoms in total. The third-order valence-electron chi connectivity index (χ3n) is 3.90. The summed E-state index contributed by atoms with van der Waals surface area (Å²) in [7, 11) is 0. The average Bonchev–Trinajstić information content (AvgIpc) is 3.33. The number of carbonyl (C=O) groups is 2. The van der Waals surface area contributed by atoms with Gasteiger partial charge in [-0.25, -0.2) is 9.97 Å². The average molecular weight is 500 g/mol. The van der Waals surface area contributed by atoms with Crippen LogP contribution in [0.5, 0.6) is 5.75 Å². The maximum absolute atomic E-state index is 13.0. The zero-order chi connectivity index (χ0) is 23.0. The summed E-state index contributed by atoms with van der Waals surface area (Å²) < 4.78 is 5.29. The minimum absolute atomic E-state index is 0.192. The minimum atomic E-state index is -0.547. The molecule has 168 valence electrons. The summed E-state index contributed by atoms with van der Waals surface area (Å²) in [5.74, 6) is -0.393. The number of amides is 2. The lowest BCUT2D eigenvalue weighted by Crippen LogP contribution is -2.20. The van der Waals surface area contributed by atoms with Gasteiger partial charge in [0.05, 0.1) is 6.54 Å². The van der Waals surface area contributed by atoms with Gasteiger partial charge in [-0.1, -0.05) is 11.8 Å². The highest BCUT2D eigenvalue weighted by Gasteiger charge is 2.18.